The number of aryl methyl sites for hydroxylation is 1. The van der Waals surface area contributed by atoms with Gasteiger partial charge >= 0.3 is 5.97 Å². The van der Waals surface area contributed by atoms with E-state index in [1.165, 1.54) is 24.0 Å². The number of likely N-dealkylation sites (N-methyl/N-ethyl adjacent to an activating group) is 1. The van der Waals surface area contributed by atoms with Crippen LogP contribution < -0.4 is 0 Å². The molecule has 0 bridgehead atoms. The van der Waals surface area contributed by atoms with E-state index < -0.39 is 17.0 Å². The number of hydrogen-bond acceptors (Lipinski definition) is 5. The number of nitrogens with zero attached hydrogens (tertiary/aromatic N) is 2. The molecule has 0 unspecified atom stereocenters. The van der Waals surface area contributed by atoms with Gasteiger partial charge in [-0.2, -0.15) is 0 Å². The standard InChI is InChI=1S/C13H16N2O5/c1-8-5-6-10(7-11(8)15(18)19)13(17)20-9(2)12(16)14(3)4/h5-7,9H,1-4H3/t9-/m1/s1. The molecule has 0 spiro atoms. The molecular weight excluding hydrogens is 264 g/mol. The third-order valence-electron chi connectivity index (χ3n) is 2.71. The summed E-state index contributed by atoms with van der Waals surface area (Å²) >= 11 is 0. The van der Waals surface area contributed by atoms with E-state index in [0.29, 0.717) is 5.56 Å². The van der Waals surface area contributed by atoms with Crippen LogP contribution in [0.15, 0.2) is 18.2 Å². The third kappa shape index (κ3) is 3.53. The van der Waals surface area contributed by atoms with Crippen molar-refractivity contribution >= 4 is 17.6 Å². The first-order valence-corrected chi connectivity index (χ1v) is 5.91. The van der Waals surface area contributed by atoms with Gasteiger partial charge in [0, 0.05) is 25.7 Å². The molecule has 0 N–H and O–H groups in total. The van der Waals surface area contributed by atoms with E-state index in [1.807, 2.05) is 0 Å². The second kappa shape index (κ2) is 6.14. The van der Waals surface area contributed by atoms with Crippen molar-refractivity contribution in [1.29, 1.82) is 0 Å². The monoisotopic (exact) mass is 280 g/mol. The first kappa shape index (κ1) is 15.6. The number of nitro benzene ring substituents is 1. The van der Waals surface area contributed by atoms with Crippen molar-refractivity contribution in [2.45, 2.75) is 20.0 Å². The lowest BCUT2D eigenvalue weighted by Gasteiger charge is -2.17. The van der Waals surface area contributed by atoms with Crippen LogP contribution >= 0.6 is 0 Å². The maximum absolute atomic E-state index is 11.9. The Bertz CT molecular complexity index is 554. The smallest absolute Gasteiger partial charge is 0.339 e. The molecule has 7 heteroatoms. The fourth-order valence-electron chi connectivity index (χ4n) is 1.58. The van der Waals surface area contributed by atoms with Gasteiger partial charge in [0.15, 0.2) is 6.10 Å². The highest BCUT2D eigenvalue weighted by Crippen LogP contribution is 2.20. The normalized spacial score (nSPS) is 11.6. The Morgan fingerprint density at radius 3 is 2.45 bits per heavy atom. The summed E-state index contributed by atoms with van der Waals surface area (Å²) in [6.07, 6.45) is -0.946. The lowest BCUT2D eigenvalue weighted by molar-refractivity contribution is -0.385. The molecule has 20 heavy (non-hydrogen) atoms. The number of benzene rings is 1. The third-order valence-corrected chi connectivity index (χ3v) is 2.71. The van der Waals surface area contributed by atoms with Gasteiger partial charge in [-0.25, -0.2) is 4.79 Å². The predicted molar refractivity (Wildman–Crippen MR) is 71.4 cm³/mol. The van der Waals surface area contributed by atoms with Crippen molar-refractivity contribution in [3.63, 3.8) is 0 Å². The second-order valence-corrected chi connectivity index (χ2v) is 4.54. The number of esters is 1. The van der Waals surface area contributed by atoms with Gasteiger partial charge in [-0.3, -0.25) is 14.9 Å². The predicted octanol–water partition coefficient (Wildman–Crippen LogP) is 1.54. The van der Waals surface area contributed by atoms with Crippen LogP contribution in [0, 0.1) is 17.0 Å². The summed E-state index contributed by atoms with van der Waals surface area (Å²) in [6.45, 7) is 3.02. The van der Waals surface area contributed by atoms with E-state index in [1.54, 1.807) is 21.0 Å². The summed E-state index contributed by atoms with van der Waals surface area (Å²) in [5.74, 6) is -1.13. The van der Waals surface area contributed by atoms with Crippen LogP contribution in [0.25, 0.3) is 0 Å². The molecule has 1 aromatic carbocycles. The molecule has 0 heterocycles. The highest BCUT2D eigenvalue weighted by Gasteiger charge is 2.22. The summed E-state index contributed by atoms with van der Waals surface area (Å²) < 4.78 is 4.98. The first-order valence-electron chi connectivity index (χ1n) is 5.91. The maximum Gasteiger partial charge on any atom is 0.339 e. The minimum atomic E-state index is -0.946. The number of hydrogen-bond donors (Lipinski definition) is 0. The van der Waals surface area contributed by atoms with Crippen molar-refractivity contribution in [3.05, 3.63) is 39.4 Å². The van der Waals surface area contributed by atoms with Crippen LogP contribution in [0.2, 0.25) is 0 Å². The number of carbonyl (C=O) groups excluding carboxylic acids is 2. The summed E-state index contributed by atoms with van der Waals surface area (Å²) in [7, 11) is 3.09. The zero-order chi connectivity index (χ0) is 15.4. The molecule has 0 aliphatic carbocycles. The molecule has 0 saturated carbocycles. The van der Waals surface area contributed by atoms with E-state index in [9.17, 15) is 19.7 Å². The molecule has 0 aromatic heterocycles. The fraction of sp³-hybridized carbons (Fsp3) is 0.385. The van der Waals surface area contributed by atoms with Gasteiger partial charge in [0.2, 0.25) is 0 Å². The lowest BCUT2D eigenvalue weighted by atomic mass is 10.1. The molecular formula is C13H16N2O5. The molecule has 1 aromatic rings. The van der Waals surface area contributed by atoms with Gasteiger partial charge in [0.25, 0.3) is 11.6 Å². The summed E-state index contributed by atoms with van der Waals surface area (Å²) in [6, 6.07) is 4.04. The van der Waals surface area contributed by atoms with Crippen LogP contribution in [0.3, 0.4) is 0 Å². The van der Waals surface area contributed by atoms with Crippen molar-refractivity contribution in [1.82, 2.24) is 4.90 Å². The molecule has 0 saturated heterocycles. The van der Waals surface area contributed by atoms with Gasteiger partial charge in [0.1, 0.15) is 0 Å². The van der Waals surface area contributed by atoms with E-state index >= 15 is 0 Å². The summed E-state index contributed by atoms with van der Waals surface area (Å²) in [5, 5.41) is 10.8. The average Bonchev–Trinajstić information content (AvgIpc) is 2.37. The highest BCUT2D eigenvalue weighted by atomic mass is 16.6. The molecule has 0 fully saturated rings. The lowest BCUT2D eigenvalue weighted by Crippen LogP contribution is -2.34. The topological polar surface area (TPSA) is 89.8 Å². The van der Waals surface area contributed by atoms with E-state index in [0.717, 1.165) is 6.07 Å². The molecule has 1 amide bonds. The van der Waals surface area contributed by atoms with Crippen LogP contribution in [0.5, 0.6) is 0 Å². The molecule has 108 valence electrons. The molecule has 0 aliphatic rings. The average molecular weight is 280 g/mol. The minimum Gasteiger partial charge on any atom is -0.449 e. The van der Waals surface area contributed by atoms with Gasteiger partial charge < -0.3 is 9.64 Å². The quantitative estimate of drug-likeness (QED) is 0.474. The maximum atomic E-state index is 11.9. The Hall–Kier alpha value is -2.44. The van der Waals surface area contributed by atoms with Crippen molar-refractivity contribution in [3.8, 4) is 0 Å². The first-order chi connectivity index (χ1) is 9.23. The Morgan fingerprint density at radius 1 is 1.35 bits per heavy atom. The zero-order valence-electron chi connectivity index (χ0n) is 11.7. The summed E-state index contributed by atoms with van der Waals surface area (Å²) in [5.41, 5.74) is 0.329. The van der Waals surface area contributed by atoms with Gasteiger partial charge in [0.05, 0.1) is 10.5 Å². The summed E-state index contributed by atoms with van der Waals surface area (Å²) in [4.78, 5) is 35.0. The van der Waals surface area contributed by atoms with Crippen LogP contribution in [0.1, 0.15) is 22.8 Å². The molecule has 1 rings (SSSR count). The van der Waals surface area contributed by atoms with Crippen molar-refractivity contribution in [2.75, 3.05) is 14.1 Å². The van der Waals surface area contributed by atoms with Crippen LogP contribution in [-0.2, 0) is 9.53 Å². The van der Waals surface area contributed by atoms with Crippen molar-refractivity contribution in [2.24, 2.45) is 0 Å². The molecule has 0 aliphatic heterocycles. The SMILES string of the molecule is Cc1ccc(C(=O)O[C@H](C)C(=O)N(C)C)cc1[N+](=O)[O-]. The van der Waals surface area contributed by atoms with Crippen LogP contribution in [0.4, 0.5) is 5.69 Å². The minimum absolute atomic E-state index is 0.0423. The van der Waals surface area contributed by atoms with E-state index in [4.69, 9.17) is 4.74 Å². The number of rotatable bonds is 4. The Kier molecular flexibility index (Phi) is 4.79. The molecule has 0 radical (unpaired) electrons. The van der Waals surface area contributed by atoms with Crippen LogP contribution in [-0.4, -0.2) is 41.9 Å². The number of carbonyl (C=O) groups is 2. The molecule has 1 atom stereocenters. The fourth-order valence-corrected chi connectivity index (χ4v) is 1.58. The zero-order valence-corrected chi connectivity index (χ0v) is 11.7. The number of ether oxygens (including phenoxy) is 1. The second-order valence-electron chi connectivity index (χ2n) is 4.54. The van der Waals surface area contributed by atoms with Gasteiger partial charge in [-0.1, -0.05) is 6.07 Å². The Balaban J connectivity index is 2.91. The van der Waals surface area contributed by atoms with E-state index in [-0.39, 0.29) is 17.2 Å². The van der Waals surface area contributed by atoms with E-state index in [2.05, 4.69) is 0 Å². The van der Waals surface area contributed by atoms with Gasteiger partial charge in [-0.15, -0.1) is 0 Å². The largest absolute Gasteiger partial charge is 0.449 e. The number of amides is 1. The molecule has 7 nitrogen and oxygen atoms in total. The Labute approximate surface area is 116 Å². The van der Waals surface area contributed by atoms with Gasteiger partial charge in [-0.05, 0) is 19.9 Å². The number of nitro groups is 1. The Morgan fingerprint density at radius 2 is 1.95 bits per heavy atom. The highest BCUT2D eigenvalue weighted by molar-refractivity contribution is 5.92. The van der Waals surface area contributed by atoms with Crippen molar-refractivity contribution < 1.29 is 19.2 Å².